The molecule has 38 heavy (non-hydrogen) atoms. The normalized spacial score (nSPS) is 12.2. The van der Waals surface area contributed by atoms with Crippen LogP contribution in [0.1, 0.15) is 51.5 Å². The van der Waals surface area contributed by atoms with Crippen LogP contribution in [0.3, 0.4) is 0 Å². The van der Waals surface area contributed by atoms with Crippen LogP contribution < -0.4 is 15.4 Å². The summed E-state index contributed by atoms with van der Waals surface area (Å²) in [7, 11) is 0. The summed E-state index contributed by atoms with van der Waals surface area (Å²) in [5, 5.41) is 12.6. The van der Waals surface area contributed by atoms with E-state index in [9.17, 15) is 13.6 Å². The first-order valence-corrected chi connectivity index (χ1v) is 12.1. The number of nitrogens with one attached hydrogen (secondary N) is 2. The summed E-state index contributed by atoms with van der Waals surface area (Å²) in [6.45, 7) is 10.6. The molecule has 9 nitrogen and oxygen atoms in total. The third-order valence-electron chi connectivity index (χ3n) is 5.37. The number of aromatic nitrogens is 2. The van der Waals surface area contributed by atoms with Crippen LogP contribution >= 0.6 is 0 Å². The maximum Gasteiger partial charge on any atom is 0.319 e. The number of amides is 2. The number of carbonyl (C=O) groups excluding carboxylic acids is 1. The average Bonchev–Trinajstić information content (AvgIpc) is 3.41. The van der Waals surface area contributed by atoms with Gasteiger partial charge in [0.25, 0.3) is 0 Å². The van der Waals surface area contributed by atoms with Crippen LogP contribution in [0.4, 0.5) is 19.3 Å². The smallest absolute Gasteiger partial charge is 0.319 e. The molecule has 0 fully saturated rings. The Bertz CT molecular complexity index is 1270. The fourth-order valence-electron chi connectivity index (χ4n) is 3.22. The summed E-state index contributed by atoms with van der Waals surface area (Å²) in [6.07, 6.45) is 0.0817. The predicted octanol–water partition coefficient (Wildman–Crippen LogP) is 6.20. The van der Waals surface area contributed by atoms with Gasteiger partial charge < -0.3 is 24.7 Å². The van der Waals surface area contributed by atoms with E-state index in [1.165, 1.54) is 12.1 Å². The van der Waals surface area contributed by atoms with Gasteiger partial charge in [0.2, 0.25) is 11.7 Å². The zero-order valence-electron chi connectivity index (χ0n) is 21.8. The van der Waals surface area contributed by atoms with E-state index in [-0.39, 0.29) is 23.9 Å². The van der Waals surface area contributed by atoms with E-state index in [0.717, 1.165) is 5.56 Å². The molecule has 202 valence electrons. The maximum atomic E-state index is 14.4. The first-order valence-electron chi connectivity index (χ1n) is 12.1. The zero-order chi connectivity index (χ0) is 27.7. The molecule has 2 amide bonds. The Labute approximate surface area is 219 Å². The van der Waals surface area contributed by atoms with Gasteiger partial charge in [-0.2, -0.15) is 4.98 Å². The lowest BCUT2D eigenvalue weighted by Gasteiger charge is -2.18. The molecule has 0 aliphatic heterocycles. The lowest BCUT2D eigenvalue weighted by molar-refractivity contribution is 0.121. The Morgan fingerprint density at radius 1 is 1.21 bits per heavy atom. The van der Waals surface area contributed by atoms with E-state index < -0.39 is 24.6 Å². The van der Waals surface area contributed by atoms with Gasteiger partial charge in [-0.3, -0.25) is 0 Å². The topological polar surface area (TPSA) is 111 Å². The number of alkyl halides is 1. The molecule has 3 rings (SSSR count). The summed E-state index contributed by atoms with van der Waals surface area (Å²) in [4.78, 5) is 21.5. The van der Waals surface area contributed by atoms with Gasteiger partial charge in [0.1, 0.15) is 18.2 Å². The van der Waals surface area contributed by atoms with E-state index in [0.29, 0.717) is 35.2 Å². The fraction of sp³-hybridized carbons (Fsp3) is 0.333. The molecule has 1 unspecified atom stereocenters. The number of hydrogen-bond donors (Lipinski definition) is 2. The second-order valence-electron chi connectivity index (χ2n) is 8.65. The Morgan fingerprint density at radius 2 is 1.95 bits per heavy atom. The molecular weight excluding hydrogens is 496 g/mol. The van der Waals surface area contributed by atoms with Crippen molar-refractivity contribution < 1.29 is 27.7 Å². The number of anilines is 1. The SMILES string of the molecule is C=C(O/N=C(\C)c1ccc(NC(=O)NCCF)c(F)c1)C(CC)Oc1ccc(-c2noc(C(C)C)n2)cc1. The van der Waals surface area contributed by atoms with Crippen LogP contribution in [0.15, 0.2) is 64.5 Å². The van der Waals surface area contributed by atoms with Gasteiger partial charge in [-0.25, -0.2) is 13.6 Å². The van der Waals surface area contributed by atoms with Gasteiger partial charge in [0.15, 0.2) is 11.9 Å². The highest BCUT2D eigenvalue weighted by Crippen LogP contribution is 2.24. The minimum atomic E-state index is -0.715. The average molecular weight is 528 g/mol. The number of benzene rings is 2. The van der Waals surface area contributed by atoms with Gasteiger partial charge in [-0.15, -0.1) is 0 Å². The molecule has 3 aromatic rings. The van der Waals surface area contributed by atoms with Crippen LogP contribution in [0.2, 0.25) is 0 Å². The number of hydrogen-bond acceptors (Lipinski definition) is 7. The second kappa shape index (κ2) is 13.3. The molecule has 1 aromatic heterocycles. The summed E-state index contributed by atoms with van der Waals surface area (Å²) < 4.78 is 37.9. The Kier molecular flexibility index (Phi) is 9.92. The molecular formula is C27H31F2N5O4. The number of rotatable bonds is 12. The summed E-state index contributed by atoms with van der Waals surface area (Å²) in [6, 6.07) is 10.7. The Balaban J connectivity index is 1.59. The molecule has 0 spiro atoms. The molecule has 0 bridgehead atoms. The molecule has 1 atom stereocenters. The van der Waals surface area contributed by atoms with Gasteiger partial charge >= 0.3 is 6.03 Å². The quantitative estimate of drug-likeness (QED) is 0.165. The van der Waals surface area contributed by atoms with Gasteiger partial charge in [-0.05, 0) is 49.7 Å². The van der Waals surface area contributed by atoms with Gasteiger partial charge in [0.05, 0.1) is 11.4 Å². The first kappa shape index (κ1) is 28.3. The van der Waals surface area contributed by atoms with Gasteiger partial charge in [0, 0.05) is 23.6 Å². The van der Waals surface area contributed by atoms with E-state index in [1.807, 2.05) is 32.9 Å². The summed E-state index contributed by atoms with van der Waals surface area (Å²) in [5.74, 6) is 1.42. The molecule has 0 radical (unpaired) electrons. The van der Waals surface area contributed by atoms with E-state index in [4.69, 9.17) is 14.1 Å². The van der Waals surface area contributed by atoms with Crippen molar-refractivity contribution in [3.05, 3.63) is 72.1 Å². The second-order valence-corrected chi connectivity index (χ2v) is 8.65. The highest BCUT2D eigenvalue weighted by atomic mass is 19.1. The lowest BCUT2D eigenvalue weighted by atomic mass is 10.1. The molecule has 1 heterocycles. The van der Waals surface area contributed by atoms with Crippen molar-refractivity contribution in [2.24, 2.45) is 5.16 Å². The Hall–Kier alpha value is -4.28. The van der Waals surface area contributed by atoms with Crippen LogP contribution in [-0.4, -0.2) is 41.2 Å². The highest BCUT2D eigenvalue weighted by Gasteiger charge is 2.17. The van der Waals surface area contributed by atoms with E-state index in [2.05, 4.69) is 32.5 Å². The van der Waals surface area contributed by atoms with Crippen LogP contribution in [0, 0.1) is 5.82 Å². The standard InChI is InChI=1S/C27H31F2N5O4/c1-6-24(36-21-10-7-19(8-11-21)25-32-26(16(2)3)38-34-25)18(5)37-33-17(4)20-9-12-23(22(29)15-20)31-27(35)30-14-13-28/h7-12,15-16,24H,5-6,13-14H2,1-4H3,(H2,30,31,35)/b33-17+. The third-order valence-corrected chi connectivity index (χ3v) is 5.37. The minimum Gasteiger partial charge on any atom is -0.482 e. The maximum absolute atomic E-state index is 14.4. The number of oxime groups is 1. The van der Waals surface area contributed by atoms with Crippen molar-refractivity contribution in [2.75, 3.05) is 18.5 Å². The molecule has 0 aliphatic carbocycles. The molecule has 0 saturated heterocycles. The number of halogens is 2. The van der Waals surface area contributed by atoms with Crippen molar-refractivity contribution in [3.63, 3.8) is 0 Å². The largest absolute Gasteiger partial charge is 0.482 e. The summed E-state index contributed by atoms with van der Waals surface area (Å²) in [5.41, 5.74) is 1.58. The molecule has 11 heteroatoms. The van der Waals surface area contributed by atoms with Crippen molar-refractivity contribution in [1.82, 2.24) is 15.5 Å². The number of urea groups is 1. The van der Waals surface area contributed by atoms with E-state index in [1.54, 1.807) is 25.1 Å². The third kappa shape index (κ3) is 7.61. The molecule has 0 aliphatic rings. The molecule has 2 aromatic carbocycles. The highest BCUT2D eigenvalue weighted by molar-refractivity contribution is 5.99. The Morgan fingerprint density at radius 3 is 2.55 bits per heavy atom. The van der Waals surface area contributed by atoms with E-state index >= 15 is 0 Å². The van der Waals surface area contributed by atoms with Crippen molar-refractivity contribution >= 4 is 17.4 Å². The number of nitrogens with zero attached hydrogens (tertiary/aromatic N) is 3. The van der Waals surface area contributed by atoms with Crippen LogP contribution in [0.25, 0.3) is 11.4 Å². The predicted molar refractivity (Wildman–Crippen MR) is 140 cm³/mol. The first-order chi connectivity index (χ1) is 18.2. The number of ether oxygens (including phenoxy) is 1. The fourth-order valence-corrected chi connectivity index (χ4v) is 3.22. The molecule has 2 N–H and O–H groups in total. The van der Waals surface area contributed by atoms with Crippen molar-refractivity contribution in [1.29, 1.82) is 0 Å². The monoisotopic (exact) mass is 527 g/mol. The minimum absolute atomic E-state index is 0.0478. The van der Waals surface area contributed by atoms with Gasteiger partial charge in [-0.1, -0.05) is 43.7 Å². The van der Waals surface area contributed by atoms with Crippen LogP contribution in [-0.2, 0) is 4.84 Å². The number of carbonyl (C=O) groups is 1. The van der Waals surface area contributed by atoms with Crippen LogP contribution in [0.5, 0.6) is 5.75 Å². The van der Waals surface area contributed by atoms with Crippen molar-refractivity contribution in [3.8, 4) is 17.1 Å². The zero-order valence-corrected chi connectivity index (χ0v) is 21.8. The summed E-state index contributed by atoms with van der Waals surface area (Å²) >= 11 is 0. The lowest BCUT2D eigenvalue weighted by Crippen LogP contribution is -2.30. The molecule has 0 saturated carbocycles. The van der Waals surface area contributed by atoms with Crippen molar-refractivity contribution in [2.45, 2.75) is 46.1 Å².